The average molecular weight is 431 g/mol. The minimum Gasteiger partial charge on any atom is -0.478 e. The molecule has 2 aliphatic rings. The molecule has 1 aliphatic carbocycles. The fourth-order valence-corrected chi connectivity index (χ4v) is 4.94. The van der Waals surface area contributed by atoms with E-state index in [9.17, 15) is 9.90 Å². The van der Waals surface area contributed by atoms with Crippen molar-refractivity contribution in [3.63, 3.8) is 0 Å². The van der Waals surface area contributed by atoms with E-state index in [1.165, 1.54) is 24.1 Å². The van der Waals surface area contributed by atoms with Crippen LogP contribution in [0.4, 0.5) is 5.69 Å². The molecule has 2 fully saturated rings. The molecule has 3 aromatic rings. The van der Waals surface area contributed by atoms with Crippen molar-refractivity contribution in [3.05, 3.63) is 70.4 Å². The Labute approximate surface area is 188 Å². The Bertz CT molecular complexity index is 1160. The van der Waals surface area contributed by atoms with Gasteiger partial charge in [-0.2, -0.15) is 0 Å². The summed E-state index contributed by atoms with van der Waals surface area (Å²) in [6.45, 7) is 5.81. The van der Waals surface area contributed by atoms with Crippen molar-refractivity contribution in [2.24, 2.45) is 0 Å². The fourth-order valence-electron chi connectivity index (χ4n) is 4.94. The van der Waals surface area contributed by atoms with Gasteiger partial charge in [0.25, 0.3) is 0 Å². The molecular formula is C27H30N2O3. The Morgan fingerprint density at radius 3 is 2.69 bits per heavy atom. The molecule has 0 bridgehead atoms. The van der Waals surface area contributed by atoms with E-state index in [0.29, 0.717) is 17.5 Å². The van der Waals surface area contributed by atoms with Gasteiger partial charge >= 0.3 is 5.97 Å². The summed E-state index contributed by atoms with van der Waals surface area (Å²) >= 11 is 0. The maximum atomic E-state index is 11.7. The van der Waals surface area contributed by atoms with Crippen LogP contribution >= 0.6 is 0 Å². The number of carboxylic acids is 1. The van der Waals surface area contributed by atoms with Gasteiger partial charge in [0.15, 0.2) is 0 Å². The number of rotatable bonds is 6. The van der Waals surface area contributed by atoms with E-state index in [2.05, 4.69) is 37.4 Å². The lowest BCUT2D eigenvalue weighted by Crippen LogP contribution is -2.18. The number of ether oxygens (including phenoxy) is 1. The summed E-state index contributed by atoms with van der Waals surface area (Å²) in [5.74, 6) is 0.0596. The van der Waals surface area contributed by atoms with Crippen LogP contribution in [-0.4, -0.2) is 29.3 Å². The van der Waals surface area contributed by atoms with Gasteiger partial charge in [-0.15, -0.1) is 0 Å². The maximum Gasteiger partial charge on any atom is 0.337 e. The molecule has 0 amide bonds. The van der Waals surface area contributed by atoms with E-state index in [-0.39, 0.29) is 11.6 Å². The third kappa shape index (κ3) is 4.09. The fraction of sp³-hybridized carbons (Fsp3) is 0.407. The number of aryl methyl sites for hydroxylation is 1. The van der Waals surface area contributed by atoms with E-state index in [0.717, 1.165) is 48.1 Å². The zero-order chi connectivity index (χ0) is 22.2. The molecule has 0 spiro atoms. The minimum atomic E-state index is -0.926. The molecule has 1 aliphatic heterocycles. The van der Waals surface area contributed by atoms with Crippen LogP contribution in [0, 0.1) is 6.92 Å². The Balaban J connectivity index is 1.59. The first-order valence-electron chi connectivity index (χ1n) is 11.6. The zero-order valence-electron chi connectivity index (χ0n) is 18.7. The molecule has 2 N–H and O–H groups in total. The quantitative estimate of drug-likeness (QED) is 0.488. The van der Waals surface area contributed by atoms with Crippen LogP contribution < -0.4 is 5.32 Å². The lowest BCUT2D eigenvalue weighted by molar-refractivity contribution is 0.0698. The number of para-hydroxylation sites is 1. The van der Waals surface area contributed by atoms with Crippen LogP contribution in [-0.2, 0) is 4.74 Å². The summed E-state index contributed by atoms with van der Waals surface area (Å²) in [4.78, 5) is 16.9. The Kier molecular flexibility index (Phi) is 5.60. The number of benzene rings is 2. The molecule has 5 heteroatoms. The van der Waals surface area contributed by atoms with Crippen LogP contribution in [0.2, 0.25) is 0 Å². The lowest BCUT2D eigenvalue weighted by atomic mass is 9.88. The third-order valence-electron chi connectivity index (χ3n) is 6.73. The second kappa shape index (κ2) is 8.55. The highest BCUT2D eigenvalue weighted by atomic mass is 16.5. The van der Waals surface area contributed by atoms with Crippen LogP contribution in [0.15, 0.2) is 42.5 Å². The minimum absolute atomic E-state index is 0.0677. The van der Waals surface area contributed by atoms with E-state index >= 15 is 0 Å². The van der Waals surface area contributed by atoms with Crippen LogP contribution in [0.1, 0.15) is 83.2 Å². The first-order chi connectivity index (χ1) is 15.5. The van der Waals surface area contributed by atoms with Crippen LogP contribution in [0.25, 0.3) is 10.9 Å². The van der Waals surface area contributed by atoms with E-state index in [4.69, 9.17) is 9.72 Å². The van der Waals surface area contributed by atoms with Crippen molar-refractivity contribution in [3.8, 4) is 0 Å². The van der Waals surface area contributed by atoms with Gasteiger partial charge in [0.2, 0.25) is 0 Å². The number of nitrogens with one attached hydrogen (secondary N) is 1. The van der Waals surface area contributed by atoms with Gasteiger partial charge in [0.1, 0.15) is 0 Å². The molecule has 5 nitrogen and oxygen atoms in total. The van der Waals surface area contributed by atoms with E-state index in [1.54, 1.807) is 12.1 Å². The zero-order valence-corrected chi connectivity index (χ0v) is 18.7. The molecule has 1 saturated carbocycles. The number of fused-ring (bicyclic) bond motifs is 1. The average Bonchev–Trinajstić information content (AvgIpc) is 3.64. The largest absolute Gasteiger partial charge is 0.478 e. The summed E-state index contributed by atoms with van der Waals surface area (Å²) < 4.78 is 5.82. The van der Waals surface area contributed by atoms with E-state index in [1.807, 2.05) is 12.1 Å². The van der Waals surface area contributed by atoms with Gasteiger partial charge in [0.05, 0.1) is 17.7 Å². The van der Waals surface area contributed by atoms with Gasteiger partial charge in [-0.1, -0.05) is 18.2 Å². The number of carboxylic acid groups (broad SMARTS) is 1. The van der Waals surface area contributed by atoms with Gasteiger partial charge in [-0.05, 0) is 80.5 Å². The predicted molar refractivity (Wildman–Crippen MR) is 127 cm³/mol. The van der Waals surface area contributed by atoms with Gasteiger partial charge in [0, 0.05) is 41.3 Å². The van der Waals surface area contributed by atoms with Crippen molar-refractivity contribution in [2.75, 3.05) is 18.5 Å². The molecule has 0 radical (unpaired) electrons. The SMILES string of the molecule is Cc1cc([C@@H](C)Nc2ccccc2C(=O)O)c2cc([C@@H]3CCCOC3)c(C3CC3)nc2c1. The third-order valence-corrected chi connectivity index (χ3v) is 6.73. The second-order valence-electron chi connectivity index (χ2n) is 9.29. The normalized spacial score (nSPS) is 19.6. The molecular weight excluding hydrogens is 400 g/mol. The predicted octanol–water partition coefficient (Wildman–Crippen LogP) is 6.19. The summed E-state index contributed by atoms with van der Waals surface area (Å²) in [6, 6.07) is 13.7. The lowest BCUT2D eigenvalue weighted by Gasteiger charge is -2.26. The molecule has 166 valence electrons. The molecule has 1 saturated heterocycles. The smallest absolute Gasteiger partial charge is 0.337 e. The summed E-state index contributed by atoms with van der Waals surface area (Å²) in [6.07, 6.45) is 4.69. The number of hydrogen-bond donors (Lipinski definition) is 2. The van der Waals surface area contributed by atoms with Crippen molar-refractivity contribution in [2.45, 2.75) is 57.4 Å². The second-order valence-corrected chi connectivity index (χ2v) is 9.29. The standard InChI is InChI=1S/C27H30N2O3/c1-16-12-21(17(2)28-24-8-4-3-7-20(24)27(30)31)23-14-22(19-6-5-11-32-15-19)26(18-9-10-18)29-25(23)13-16/h3-4,7-8,12-14,17-19,28H,5-6,9-11,15H2,1-2H3,(H,30,31)/t17-,19-/m1/s1. The number of nitrogens with zero attached hydrogens (tertiary/aromatic N) is 1. The summed E-state index contributed by atoms with van der Waals surface area (Å²) in [7, 11) is 0. The number of aromatic carboxylic acids is 1. The Morgan fingerprint density at radius 2 is 1.97 bits per heavy atom. The Morgan fingerprint density at radius 1 is 1.16 bits per heavy atom. The van der Waals surface area contributed by atoms with Crippen molar-refractivity contribution in [1.29, 1.82) is 0 Å². The molecule has 2 aromatic carbocycles. The highest BCUT2D eigenvalue weighted by Gasteiger charge is 2.31. The molecule has 5 rings (SSSR count). The number of aromatic nitrogens is 1. The molecule has 2 heterocycles. The van der Waals surface area contributed by atoms with E-state index < -0.39 is 5.97 Å². The monoisotopic (exact) mass is 430 g/mol. The number of hydrogen-bond acceptors (Lipinski definition) is 4. The van der Waals surface area contributed by atoms with Crippen LogP contribution in [0.3, 0.4) is 0 Å². The van der Waals surface area contributed by atoms with Crippen molar-refractivity contribution in [1.82, 2.24) is 4.98 Å². The van der Waals surface area contributed by atoms with Crippen molar-refractivity contribution < 1.29 is 14.6 Å². The molecule has 32 heavy (non-hydrogen) atoms. The Hall–Kier alpha value is -2.92. The number of carbonyl (C=O) groups is 1. The van der Waals surface area contributed by atoms with Crippen molar-refractivity contribution >= 4 is 22.6 Å². The first-order valence-corrected chi connectivity index (χ1v) is 11.6. The van der Waals surface area contributed by atoms with Gasteiger partial charge in [-0.3, -0.25) is 4.98 Å². The number of pyridine rings is 1. The summed E-state index contributed by atoms with van der Waals surface area (Å²) in [5, 5.41) is 14.2. The van der Waals surface area contributed by atoms with Gasteiger partial charge < -0.3 is 15.2 Å². The topological polar surface area (TPSA) is 71.5 Å². The maximum absolute atomic E-state index is 11.7. The van der Waals surface area contributed by atoms with Crippen LogP contribution in [0.5, 0.6) is 0 Å². The highest BCUT2D eigenvalue weighted by molar-refractivity contribution is 5.94. The summed E-state index contributed by atoms with van der Waals surface area (Å²) in [5.41, 5.74) is 6.87. The highest BCUT2D eigenvalue weighted by Crippen LogP contribution is 2.45. The number of anilines is 1. The van der Waals surface area contributed by atoms with Gasteiger partial charge in [-0.25, -0.2) is 4.79 Å². The molecule has 1 aromatic heterocycles. The molecule has 2 atom stereocenters. The molecule has 0 unspecified atom stereocenters. The first kappa shape index (κ1) is 21.0.